The van der Waals surface area contributed by atoms with E-state index >= 15 is 0 Å². The van der Waals surface area contributed by atoms with Gasteiger partial charge in [0.05, 0.1) is 0 Å². The van der Waals surface area contributed by atoms with Gasteiger partial charge in [-0.2, -0.15) is 0 Å². The first-order chi connectivity index (χ1) is 6.31. The lowest BCUT2D eigenvalue weighted by atomic mass is 10.1. The Labute approximate surface area is 76.3 Å². The molecule has 1 heterocycles. The van der Waals surface area contributed by atoms with E-state index in [0.29, 0.717) is 12.0 Å². The van der Waals surface area contributed by atoms with Crippen LogP contribution in [0.15, 0.2) is 5.11 Å². The molecule has 2 aliphatic rings. The number of nitrogens with zero attached hydrogens (tertiary/aromatic N) is 4. The van der Waals surface area contributed by atoms with Crippen molar-refractivity contribution < 1.29 is 4.79 Å². The second-order valence-electron chi connectivity index (χ2n) is 3.77. The van der Waals surface area contributed by atoms with Crippen molar-refractivity contribution in [1.82, 2.24) is 4.90 Å². The van der Waals surface area contributed by atoms with Crippen LogP contribution in [0.2, 0.25) is 0 Å². The fraction of sp³-hybridized carbons (Fsp3) is 0.875. The van der Waals surface area contributed by atoms with E-state index in [4.69, 9.17) is 5.53 Å². The highest BCUT2D eigenvalue weighted by Crippen LogP contribution is 2.37. The van der Waals surface area contributed by atoms with Crippen molar-refractivity contribution in [1.29, 1.82) is 0 Å². The quantitative estimate of drug-likeness (QED) is 0.359. The summed E-state index contributed by atoms with van der Waals surface area (Å²) in [5.74, 6) is 0.699. The molecule has 1 saturated carbocycles. The Hall–Kier alpha value is -1.22. The molecule has 0 N–H and O–H groups in total. The molecule has 1 aliphatic heterocycles. The van der Waals surface area contributed by atoms with Gasteiger partial charge in [-0.25, -0.2) is 0 Å². The molecule has 2 bridgehead atoms. The number of rotatable bonds is 2. The summed E-state index contributed by atoms with van der Waals surface area (Å²) in [4.78, 5) is 15.9. The summed E-state index contributed by atoms with van der Waals surface area (Å²) in [6.45, 7) is 0.865. The van der Waals surface area contributed by atoms with Crippen molar-refractivity contribution in [2.45, 2.75) is 25.3 Å². The fourth-order valence-electron chi connectivity index (χ4n) is 2.41. The van der Waals surface area contributed by atoms with E-state index in [2.05, 4.69) is 10.0 Å². The highest BCUT2D eigenvalue weighted by atomic mass is 16.2. The first-order valence-electron chi connectivity index (χ1n) is 4.61. The molecule has 2 fully saturated rings. The molecule has 5 heteroatoms. The monoisotopic (exact) mass is 180 g/mol. The maximum Gasteiger partial charge on any atom is 0.228 e. The average Bonchev–Trinajstić information content (AvgIpc) is 2.74. The number of carbonyl (C=O) groups excluding carboxylic acids is 1. The van der Waals surface area contributed by atoms with Crippen LogP contribution in [-0.4, -0.2) is 29.9 Å². The Morgan fingerprint density at radius 1 is 1.62 bits per heavy atom. The van der Waals surface area contributed by atoms with Crippen LogP contribution in [0.1, 0.15) is 19.3 Å². The van der Waals surface area contributed by atoms with Crippen LogP contribution in [0.4, 0.5) is 0 Å². The van der Waals surface area contributed by atoms with Crippen molar-refractivity contribution in [3.63, 3.8) is 0 Å². The molecular weight excluding hydrogens is 168 g/mol. The van der Waals surface area contributed by atoms with Gasteiger partial charge >= 0.3 is 0 Å². The number of piperidine rings is 1. The van der Waals surface area contributed by atoms with Crippen molar-refractivity contribution in [3.8, 4) is 0 Å². The predicted molar refractivity (Wildman–Crippen MR) is 46.9 cm³/mol. The molecule has 1 saturated heterocycles. The number of hydrogen-bond donors (Lipinski definition) is 0. The minimum atomic E-state index is -0.0142. The molecule has 5 nitrogen and oxygen atoms in total. The summed E-state index contributed by atoms with van der Waals surface area (Å²) in [5, 5.41) is 3.29. The van der Waals surface area contributed by atoms with Crippen molar-refractivity contribution in [2.75, 3.05) is 13.1 Å². The van der Waals surface area contributed by atoms with Crippen LogP contribution in [0.5, 0.6) is 0 Å². The van der Waals surface area contributed by atoms with Gasteiger partial charge < -0.3 is 4.90 Å². The van der Waals surface area contributed by atoms with Crippen LogP contribution >= 0.6 is 0 Å². The van der Waals surface area contributed by atoms with Crippen molar-refractivity contribution in [2.24, 2.45) is 11.0 Å². The fourth-order valence-corrected chi connectivity index (χ4v) is 2.41. The zero-order chi connectivity index (χ0) is 9.26. The van der Waals surface area contributed by atoms with Crippen LogP contribution in [0, 0.1) is 5.92 Å². The molecule has 0 aromatic rings. The van der Waals surface area contributed by atoms with Crippen LogP contribution < -0.4 is 0 Å². The van der Waals surface area contributed by atoms with Gasteiger partial charge in [0.1, 0.15) is 6.54 Å². The summed E-state index contributed by atoms with van der Waals surface area (Å²) in [5.41, 5.74) is 8.08. The number of amides is 1. The molecule has 0 aromatic carbocycles. The smallest absolute Gasteiger partial charge is 0.228 e. The highest BCUT2D eigenvalue weighted by Gasteiger charge is 2.39. The number of fused-ring (bicyclic) bond motifs is 2. The van der Waals surface area contributed by atoms with Gasteiger partial charge in [0.15, 0.2) is 0 Å². The van der Waals surface area contributed by atoms with Gasteiger partial charge in [-0.1, -0.05) is 5.11 Å². The third kappa shape index (κ3) is 1.47. The summed E-state index contributed by atoms with van der Waals surface area (Å²) in [7, 11) is 0. The average molecular weight is 180 g/mol. The van der Waals surface area contributed by atoms with Gasteiger partial charge in [-0.3, -0.25) is 4.79 Å². The van der Waals surface area contributed by atoms with E-state index in [1.54, 1.807) is 0 Å². The summed E-state index contributed by atoms with van der Waals surface area (Å²) in [6.07, 6.45) is 3.55. The van der Waals surface area contributed by atoms with Gasteiger partial charge in [0.25, 0.3) is 0 Å². The van der Waals surface area contributed by atoms with E-state index in [-0.39, 0.29) is 12.5 Å². The van der Waals surface area contributed by atoms with Gasteiger partial charge in [0.2, 0.25) is 5.91 Å². The molecular formula is C8H12N4O. The number of hydrogen-bond acceptors (Lipinski definition) is 2. The van der Waals surface area contributed by atoms with E-state index in [1.807, 2.05) is 4.90 Å². The molecule has 0 radical (unpaired) electrons. The Kier molecular flexibility index (Phi) is 2.10. The van der Waals surface area contributed by atoms with E-state index in [0.717, 1.165) is 19.4 Å². The molecule has 0 spiro atoms. The van der Waals surface area contributed by atoms with Gasteiger partial charge in [0, 0.05) is 17.5 Å². The zero-order valence-electron chi connectivity index (χ0n) is 7.39. The zero-order valence-corrected chi connectivity index (χ0v) is 7.39. The lowest BCUT2D eigenvalue weighted by molar-refractivity contribution is -0.131. The van der Waals surface area contributed by atoms with Crippen molar-refractivity contribution in [3.05, 3.63) is 10.4 Å². The predicted octanol–water partition coefficient (Wildman–Crippen LogP) is 1.31. The molecule has 1 amide bonds. The lowest BCUT2D eigenvalue weighted by Gasteiger charge is -2.26. The number of likely N-dealkylation sites (tertiary alicyclic amines) is 1. The van der Waals surface area contributed by atoms with Crippen LogP contribution in [0.3, 0.4) is 0 Å². The lowest BCUT2D eigenvalue weighted by Crippen LogP contribution is -2.38. The second kappa shape index (κ2) is 3.26. The topological polar surface area (TPSA) is 69.1 Å². The molecule has 0 aromatic heterocycles. The summed E-state index contributed by atoms with van der Waals surface area (Å²) in [6, 6.07) is 0.436. The molecule has 1 aliphatic carbocycles. The Morgan fingerprint density at radius 2 is 2.46 bits per heavy atom. The minimum Gasteiger partial charge on any atom is -0.339 e. The standard InChI is InChI=1S/C8H12N4O/c9-11-10-4-8(13)12-5-6-1-2-7(12)3-6/h6-7H,1-5H2/t6-,7-/m0/s1. The normalized spacial score (nSPS) is 30.3. The highest BCUT2D eigenvalue weighted by molar-refractivity contribution is 5.79. The first-order valence-corrected chi connectivity index (χ1v) is 4.61. The molecule has 2 atom stereocenters. The van der Waals surface area contributed by atoms with E-state index in [9.17, 15) is 4.79 Å². The molecule has 2 rings (SSSR count). The third-order valence-electron chi connectivity index (χ3n) is 3.00. The third-order valence-corrected chi connectivity index (χ3v) is 3.00. The number of azide groups is 1. The first kappa shape index (κ1) is 8.38. The van der Waals surface area contributed by atoms with Gasteiger partial charge in [-0.05, 0) is 30.7 Å². The maximum absolute atomic E-state index is 11.5. The SMILES string of the molecule is [N-]=[N+]=NCC(=O)N1C[C@H]2CC[C@H]1C2. The van der Waals surface area contributed by atoms with Gasteiger partial charge in [-0.15, -0.1) is 0 Å². The summed E-state index contributed by atoms with van der Waals surface area (Å²) < 4.78 is 0. The summed E-state index contributed by atoms with van der Waals surface area (Å²) >= 11 is 0. The Bertz CT molecular complexity index is 271. The van der Waals surface area contributed by atoms with Crippen molar-refractivity contribution >= 4 is 5.91 Å². The van der Waals surface area contributed by atoms with E-state index in [1.165, 1.54) is 6.42 Å². The molecule has 13 heavy (non-hydrogen) atoms. The Balaban J connectivity index is 1.94. The second-order valence-corrected chi connectivity index (χ2v) is 3.77. The molecule has 70 valence electrons. The minimum absolute atomic E-state index is 0.00926. The number of carbonyl (C=O) groups is 1. The van der Waals surface area contributed by atoms with Crippen LogP contribution in [-0.2, 0) is 4.79 Å². The van der Waals surface area contributed by atoms with E-state index < -0.39 is 0 Å². The molecule has 0 unspecified atom stereocenters. The largest absolute Gasteiger partial charge is 0.339 e. The Morgan fingerprint density at radius 3 is 3.00 bits per heavy atom. The maximum atomic E-state index is 11.5. The van der Waals surface area contributed by atoms with Crippen LogP contribution in [0.25, 0.3) is 10.4 Å².